The second-order valence-electron chi connectivity index (χ2n) is 4.90. The van der Waals surface area contributed by atoms with E-state index >= 15 is 0 Å². The molecule has 2 aromatic rings. The number of alkyl halides is 2. The fourth-order valence-electron chi connectivity index (χ4n) is 2.55. The molecule has 5 heteroatoms. The van der Waals surface area contributed by atoms with Crippen LogP contribution in [0.1, 0.15) is 35.5 Å². The Balaban J connectivity index is 2.17. The second kappa shape index (κ2) is 5.45. The molecule has 1 aliphatic rings. The summed E-state index contributed by atoms with van der Waals surface area (Å²) in [5.41, 5.74) is 2.87. The van der Waals surface area contributed by atoms with Gasteiger partial charge in [0.25, 0.3) is 0 Å². The maximum Gasteiger partial charge on any atom is 0.303 e. The van der Waals surface area contributed by atoms with Crippen LogP contribution in [0.2, 0.25) is 0 Å². The molecule has 0 fully saturated rings. The summed E-state index contributed by atoms with van der Waals surface area (Å²) >= 11 is 7.31. The van der Waals surface area contributed by atoms with Gasteiger partial charge in [0.2, 0.25) is 0 Å². The van der Waals surface area contributed by atoms with Gasteiger partial charge >= 0.3 is 5.97 Å². The van der Waals surface area contributed by atoms with Gasteiger partial charge < -0.3 is 4.74 Å². The average molecular weight is 399 g/mol. The molecule has 0 saturated heterocycles. The predicted molar refractivity (Wildman–Crippen MR) is 85.3 cm³/mol. The average Bonchev–Trinajstić information content (AvgIpc) is 2.41. The van der Waals surface area contributed by atoms with Gasteiger partial charge in [-0.3, -0.25) is 4.79 Å². The second-order valence-corrected chi connectivity index (χ2v) is 7.19. The van der Waals surface area contributed by atoms with Crippen molar-refractivity contribution in [1.82, 2.24) is 4.98 Å². The number of para-hydroxylation sites is 1. The van der Waals surface area contributed by atoms with Crippen LogP contribution in [0.5, 0.6) is 0 Å². The lowest BCUT2D eigenvalue weighted by Gasteiger charge is -2.31. The van der Waals surface area contributed by atoms with Crippen LogP contribution in [0, 0.1) is 0 Å². The van der Waals surface area contributed by atoms with E-state index < -0.39 is 0 Å². The number of aromatic nitrogens is 1. The Hall–Kier alpha value is -0.940. The quantitative estimate of drug-likeness (QED) is 0.526. The molecular formula is C15H13Br2NO2. The number of pyridine rings is 1. The van der Waals surface area contributed by atoms with Crippen molar-refractivity contribution in [2.45, 2.75) is 29.1 Å². The van der Waals surface area contributed by atoms with Crippen LogP contribution in [-0.4, -0.2) is 15.8 Å². The molecule has 3 atom stereocenters. The van der Waals surface area contributed by atoms with Crippen LogP contribution in [0.15, 0.2) is 30.3 Å². The van der Waals surface area contributed by atoms with E-state index in [4.69, 9.17) is 9.72 Å². The van der Waals surface area contributed by atoms with Crippen LogP contribution in [0.25, 0.3) is 10.9 Å². The van der Waals surface area contributed by atoms with Crippen LogP contribution in [-0.2, 0) is 9.53 Å². The molecule has 1 aliphatic carbocycles. The minimum atomic E-state index is -0.332. The highest BCUT2D eigenvalue weighted by molar-refractivity contribution is 9.10. The molecule has 0 spiro atoms. The van der Waals surface area contributed by atoms with E-state index in [0.717, 1.165) is 28.6 Å². The number of halogens is 2. The maximum atomic E-state index is 11.3. The highest BCUT2D eigenvalue weighted by Crippen LogP contribution is 2.45. The Kier molecular flexibility index (Phi) is 3.82. The lowest BCUT2D eigenvalue weighted by molar-refractivity contribution is -0.147. The standard InChI is InChI=1S/C15H13Br2NO2/c1-8(19)20-15-12(17)7-11(16)10-6-9-4-2-3-5-13(9)18-14(10)15/h2-6,11-12,15H,7H2,1H3. The fraction of sp³-hybridized carbons (Fsp3) is 0.333. The van der Waals surface area contributed by atoms with E-state index in [1.165, 1.54) is 6.92 Å². The monoisotopic (exact) mass is 397 g/mol. The molecule has 3 nitrogen and oxygen atoms in total. The number of carbonyl (C=O) groups is 1. The topological polar surface area (TPSA) is 39.2 Å². The summed E-state index contributed by atoms with van der Waals surface area (Å²) in [6.07, 6.45) is 0.520. The van der Waals surface area contributed by atoms with Gasteiger partial charge in [0.15, 0.2) is 6.10 Å². The van der Waals surface area contributed by atoms with Crippen LogP contribution >= 0.6 is 31.9 Å². The number of carbonyl (C=O) groups excluding carboxylic acids is 1. The molecule has 3 rings (SSSR count). The number of fused-ring (bicyclic) bond motifs is 2. The SMILES string of the molecule is CC(=O)OC1c2nc3ccccc3cc2C(Br)CC1Br. The van der Waals surface area contributed by atoms with Gasteiger partial charge in [0.05, 0.1) is 16.0 Å². The Morgan fingerprint density at radius 2 is 2.10 bits per heavy atom. The largest absolute Gasteiger partial charge is 0.455 e. The van der Waals surface area contributed by atoms with Crippen LogP contribution < -0.4 is 0 Å². The molecule has 0 N–H and O–H groups in total. The fourth-order valence-corrected chi connectivity index (χ4v) is 4.56. The van der Waals surface area contributed by atoms with Crippen molar-refractivity contribution in [2.75, 3.05) is 0 Å². The first-order valence-corrected chi connectivity index (χ1v) is 8.24. The Morgan fingerprint density at radius 3 is 2.85 bits per heavy atom. The minimum Gasteiger partial charge on any atom is -0.455 e. The third-order valence-corrected chi connectivity index (χ3v) is 5.17. The first kappa shape index (κ1) is 14.0. The molecule has 0 saturated carbocycles. The summed E-state index contributed by atoms with van der Waals surface area (Å²) in [6, 6.07) is 10.1. The van der Waals surface area contributed by atoms with E-state index in [-0.39, 0.29) is 21.7 Å². The first-order valence-electron chi connectivity index (χ1n) is 6.41. The van der Waals surface area contributed by atoms with Crippen molar-refractivity contribution in [3.8, 4) is 0 Å². The molecule has 0 radical (unpaired) electrons. The van der Waals surface area contributed by atoms with Gasteiger partial charge in [0.1, 0.15) is 0 Å². The van der Waals surface area contributed by atoms with Crippen molar-refractivity contribution in [1.29, 1.82) is 0 Å². The van der Waals surface area contributed by atoms with E-state index in [1.54, 1.807) is 0 Å². The number of nitrogens with zero attached hydrogens (tertiary/aromatic N) is 1. The molecule has 3 unspecified atom stereocenters. The predicted octanol–water partition coefficient (Wildman–Crippen LogP) is 4.44. The molecule has 1 aromatic heterocycles. The van der Waals surface area contributed by atoms with Crippen molar-refractivity contribution < 1.29 is 9.53 Å². The zero-order valence-electron chi connectivity index (χ0n) is 10.8. The number of ether oxygens (including phenoxy) is 1. The van der Waals surface area contributed by atoms with Gasteiger partial charge in [-0.05, 0) is 24.1 Å². The zero-order chi connectivity index (χ0) is 14.3. The lowest BCUT2D eigenvalue weighted by atomic mass is 9.92. The van der Waals surface area contributed by atoms with Crippen molar-refractivity contribution in [2.24, 2.45) is 0 Å². The van der Waals surface area contributed by atoms with E-state index in [0.29, 0.717) is 0 Å². The van der Waals surface area contributed by atoms with E-state index in [2.05, 4.69) is 37.9 Å². The summed E-state index contributed by atoms with van der Waals surface area (Å²) < 4.78 is 5.46. The van der Waals surface area contributed by atoms with E-state index in [9.17, 15) is 4.79 Å². The molecule has 1 heterocycles. The smallest absolute Gasteiger partial charge is 0.303 e. The summed E-state index contributed by atoms with van der Waals surface area (Å²) in [5, 5.41) is 1.10. The number of rotatable bonds is 1. The van der Waals surface area contributed by atoms with Gasteiger partial charge in [-0.1, -0.05) is 50.1 Å². The highest BCUT2D eigenvalue weighted by atomic mass is 79.9. The Labute approximate surface area is 134 Å². The van der Waals surface area contributed by atoms with Crippen molar-refractivity contribution in [3.05, 3.63) is 41.6 Å². The normalized spacial score (nSPS) is 25.2. The summed E-state index contributed by atoms with van der Waals surface area (Å²) in [4.78, 5) is 16.3. The van der Waals surface area contributed by atoms with Crippen LogP contribution in [0.3, 0.4) is 0 Å². The van der Waals surface area contributed by atoms with E-state index in [1.807, 2.05) is 24.3 Å². The third-order valence-electron chi connectivity index (χ3n) is 3.44. The minimum absolute atomic E-state index is 0.0666. The number of hydrogen-bond acceptors (Lipinski definition) is 3. The molecule has 0 bridgehead atoms. The summed E-state index contributed by atoms with van der Waals surface area (Å²) in [5.74, 6) is -0.284. The molecule has 1 aromatic carbocycles. The molecular weight excluding hydrogens is 386 g/mol. The van der Waals surface area contributed by atoms with Gasteiger partial charge in [-0.2, -0.15) is 0 Å². The lowest BCUT2D eigenvalue weighted by Crippen LogP contribution is -2.27. The van der Waals surface area contributed by atoms with Gasteiger partial charge in [-0.15, -0.1) is 0 Å². The Morgan fingerprint density at radius 1 is 1.35 bits per heavy atom. The van der Waals surface area contributed by atoms with Crippen LogP contribution in [0.4, 0.5) is 0 Å². The molecule has 0 aliphatic heterocycles. The number of hydrogen-bond donors (Lipinski definition) is 0. The molecule has 20 heavy (non-hydrogen) atoms. The van der Waals surface area contributed by atoms with Gasteiger partial charge in [-0.25, -0.2) is 4.98 Å². The zero-order valence-corrected chi connectivity index (χ0v) is 14.0. The first-order chi connectivity index (χ1) is 9.56. The Bertz CT molecular complexity index is 674. The third kappa shape index (κ3) is 2.49. The van der Waals surface area contributed by atoms with Crippen molar-refractivity contribution in [3.63, 3.8) is 0 Å². The molecule has 104 valence electrons. The number of benzene rings is 1. The van der Waals surface area contributed by atoms with Crippen molar-refractivity contribution >= 4 is 48.7 Å². The molecule has 0 amide bonds. The number of esters is 1. The summed E-state index contributed by atoms with van der Waals surface area (Å²) in [7, 11) is 0. The maximum absolute atomic E-state index is 11.3. The van der Waals surface area contributed by atoms with Gasteiger partial charge in [0, 0.05) is 17.1 Å². The highest BCUT2D eigenvalue weighted by Gasteiger charge is 2.36. The summed E-state index contributed by atoms with van der Waals surface area (Å²) in [6.45, 7) is 1.43.